The standard InChI is InChI=1S/C48H30N6S2/c1-2-10-28(11-3-1)44-51-45(53-46(52-44)35-16-9-13-31-26-36(31)35)32-20-22-39-43(27-32)55-47(49-39)33-14-8-12-29(24-33)30-21-23-41-37(25-30)34-15-4-6-18-40(34)54(41)48-50-38-17-5-7-19-42(38)56-48/h1-25,27,31,36H,26H2/t31-,36?/m1/s1. The molecule has 12 rings (SSSR count). The van der Waals surface area contributed by atoms with Crippen molar-refractivity contribution in [1.82, 2.24) is 29.5 Å². The lowest BCUT2D eigenvalue weighted by Gasteiger charge is -2.11. The largest absolute Gasteiger partial charge is 0.285 e. The SMILES string of the molecule is C1=C[C@@H]2CC2C(c2nc(-c3ccccc3)nc(-c3ccc4nc(-c5cccc(-c6ccc7c(c6)c6ccccc6n7-c6nc7ccccc7s6)c5)sc4c3)n2)=C1. The molecule has 2 aliphatic rings. The van der Waals surface area contributed by atoms with Gasteiger partial charge in [-0.1, -0.05) is 114 Å². The number of nitrogens with zero attached hydrogens (tertiary/aromatic N) is 6. The number of aromatic nitrogens is 6. The summed E-state index contributed by atoms with van der Waals surface area (Å²) >= 11 is 3.42. The highest BCUT2D eigenvalue weighted by molar-refractivity contribution is 7.21. The van der Waals surface area contributed by atoms with Crippen molar-refractivity contribution < 1.29 is 0 Å². The molecule has 4 aromatic heterocycles. The van der Waals surface area contributed by atoms with Gasteiger partial charge in [-0.15, -0.1) is 11.3 Å². The highest BCUT2D eigenvalue weighted by atomic mass is 32.1. The number of rotatable bonds is 6. The number of allylic oxidation sites excluding steroid dienone is 4. The van der Waals surface area contributed by atoms with Crippen LogP contribution in [0.25, 0.3) is 97.4 Å². The van der Waals surface area contributed by atoms with Gasteiger partial charge in [0.25, 0.3) is 0 Å². The minimum Gasteiger partial charge on any atom is -0.285 e. The average molecular weight is 755 g/mol. The van der Waals surface area contributed by atoms with Crippen molar-refractivity contribution in [2.45, 2.75) is 6.42 Å². The molecule has 8 heteroatoms. The van der Waals surface area contributed by atoms with Crippen LogP contribution in [-0.4, -0.2) is 29.5 Å². The van der Waals surface area contributed by atoms with Gasteiger partial charge in [-0.05, 0) is 84.0 Å². The van der Waals surface area contributed by atoms with Gasteiger partial charge >= 0.3 is 0 Å². The molecule has 2 aliphatic carbocycles. The molecule has 0 bridgehead atoms. The number of benzene rings is 6. The van der Waals surface area contributed by atoms with Gasteiger partial charge in [-0.3, -0.25) is 4.57 Å². The first-order chi connectivity index (χ1) is 27.7. The van der Waals surface area contributed by atoms with Crippen molar-refractivity contribution in [3.8, 4) is 49.6 Å². The fourth-order valence-corrected chi connectivity index (χ4v) is 10.1. The molecule has 4 heterocycles. The summed E-state index contributed by atoms with van der Waals surface area (Å²) in [5, 5.41) is 4.38. The Labute approximate surface area is 329 Å². The van der Waals surface area contributed by atoms with Gasteiger partial charge in [0.2, 0.25) is 0 Å². The Morgan fingerprint density at radius 2 is 1.23 bits per heavy atom. The van der Waals surface area contributed by atoms with Crippen LogP contribution in [0.1, 0.15) is 12.2 Å². The zero-order valence-corrected chi connectivity index (χ0v) is 31.5. The second kappa shape index (κ2) is 12.5. The number of hydrogen-bond donors (Lipinski definition) is 0. The Balaban J connectivity index is 0.913. The van der Waals surface area contributed by atoms with Crippen molar-refractivity contribution in [1.29, 1.82) is 0 Å². The van der Waals surface area contributed by atoms with Gasteiger partial charge in [-0.2, -0.15) is 0 Å². The lowest BCUT2D eigenvalue weighted by molar-refractivity contribution is 0.949. The normalized spacial score (nSPS) is 16.2. The smallest absolute Gasteiger partial charge is 0.195 e. The van der Waals surface area contributed by atoms with E-state index in [2.05, 4.69) is 138 Å². The van der Waals surface area contributed by atoms with Crippen LogP contribution in [0.15, 0.2) is 158 Å². The maximum atomic E-state index is 5.11. The summed E-state index contributed by atoms with van der Waals surface area (Å²) in [6.45, 7) is 0. The quantitative estimate of drug-likeness (QED) is 0.169. The maximum Gasteiger partial charge on any atom is 0.195 e. The summed E-state index contributed by atoms with van der Waals surface area (Å²) in [6.07, 6.45) is 7.78. The molecule has 0 amide bonds. The van der Waals surface area contributed by atoms with E-state index in [1.165, 1.54) is 21.0 Å². The van der Waals surface area contributed by atoms with Crippen LogP contribution >= 0.6 is 22.7 Å². The summed E-state index contributed by atoms with van der Waals surface area (Å²) in [5.74, 6) is 3.24. The molecule has 6 aromatic carbocycles. The third-order valence-electron chi connectivity index (χ3n) is 11.0. The molecule has 2 atom stereocenters. The monoisotopic (exact) mass is 754 g/mol. The first-order valence-corrected chi connectivity index (χ1v) is 20.4. The van der Waals surface area contributed by atoms with Crippen molar-refractivity contribution in [2.24, 2.45) is 11.8 Å². The summed E-state index contributed by atoms with van der Waals surface area (Å²) < 4.78 is 4.59. The molecule has 6 nitrogen and oxygen atoms in total. The van der Waals surface area contributed by atoms with E-state index in [-0.39, 0.29) is 0 Å². The zero-order chi connectivity index (χ0) is 36.7. The fraction of sp³-hybridized carbons (Fsp3) is 0.0625. The second-order valence-electron chi connectivity index (χ2n) is 14.5. The number of thiazole rings is 2. The van der Waals surface area contributed by atoms with E-state index in [1.807, 2.05) is 24.3 Å². The van der Waals surface area contributed by atoms with Gasteiger partial charge in [0.1, 0.15) is 5.01 Å². The van der Waals surface area contributed by atoms with Gasteiger partial charge < -0.3 is 0 Å². The Morgan fingerprint density at radius 1 is 0.500 bits per heavy atom. The van der Waals surface area contributed by atoms with Crippen LogP contribution < -0.4 is 0 Å². The predicted molar refractivity (Wildman–Crippen MR) is 231 cm³/mol. The predicted octanol–water partition coefficient (Wildman–Crippen LogP) is 12.4. The molecule has 0 N–H and O–H groups in total. The maximum absolute atomic E-state index is 5.11. The molecule has 0 aliphatic heterocycles. The molecule has 264 valence electrons. The van der Waals surface area contributed by atoms with E-state index in [1.54, 1.807) is 22.7 Å². The van der Waals surface area contributed by atoms with Crippen LogP contribution in [-0.2, 0) is 0 Å². The fourth-order valence-electron chi connectivity index (χ4n) is 8.13. The third-order valence-corrected chi connectivity index (χ3v) is 13.1. The molecule has 1 unspecified atom stereocenters. The molecular weight excluding hydrogens is 725 g/mol. The van der Waals surface area contributed by atoms with E-state index < -0.39 is 0 Å². The van der Waals surface area contributed by atoms with Crippen LogP contribution in [0.2, 0.25) is 0 Å². The van der Waals surface area contributed by atoms with Crippen LogP contribution in [0, 0.1) is 11.8 Å². The third kappa shape index (κ3) is 5.25. The Bertz CT molecular complexity index is 3230. The van der Waals surface area contributed by atoms with Gasteiger partial charge in [0, 0.05) is 33.0 Å². The summed E-state index contributed by atoms with van der Waals surface area (Å²) in [6, 6.07) is 49.1. The van der Waals surface area contributed by atoms with Gasteiger partial charge in [0.05, 0.1) is 31.5 Å². The molecule has 0 radical (unpaired) electrons. The first-order valence-electron chi connectivity index (χ1n) is 18.8. The lowest BCUT2D eigenvalue weighted by atomic mass is 10.0. The number of hydrogen-bond acceptors (Lipinski definition) is 7. The minimum atomic E-state index is 0.493. The molecule has 56 heavy (non-hydrogen) atoms. The number of fused-ring (bicyclic) bond motifs is 6. The molecule has 1 saturated carbocycles. The van der Waals surface area contributed by atoms with Crippen molar-refractivity contribution in [3.05, 3.63) is 164 Å². The van der Waals surface area contributed by atoms with E-state index in [0.717, 1.165) is 77.0 Å². The van der Waals surface area contributed by atoms with Gasteiger partial charge in [0.15, 0.2) is 22.6 Å². The van der Waals surface area contributed by atoms with Crippen molar-refractivity contribution in [3.63, 3.8) is 0 Å². The first kappa shape index (κ1) is 31.7. The second-order valence-corrected chi connectivity index (χ2v) is 16.6. The van der Waals surface area contributed by atoms with Gasteiger partial charge in [-0.25, -0.2) is 24.9 Å². The molecule has 0 spiro atoms. The van der Waals surface area contributed by atoms with Crippen molar-refractivity contribution >= 4 is 70.5 Å². The van der Waals surface area contributed by atoms with E-state index in [9.17, 15) is 0 Å². The number of para-hydroxylation sites is 2. The molecule has 1 fully saturated rings. The highest BCUT2D eigenvalue weighted by Gasteiger charge is 2.41. The minimum absolute atomic E-state index is 0.493. The summed E-state index contributed by atoms with van der Waals surface area (Å²) in [7, 11) is 0. The summed E-state index contributed by atoms with van der Waals surface area (Å²) in [4.78, 5) is 25.2. The van der Waals surface area contributed by atoms with Crippen LogP contribution in [0.3, 0.4) is 0 Å². The molecule has 0 saturated heterocycles. The average Bonchev–Trinajstić information content (AvgIpc) is 3.57. The Hall–Kier alpha value is -6.61. The highest BCUT2D eigenvalue weighted by Crippen LogP contribution is 2.50. The Kier molecular flexibility index (Phi) is 7.06. The topological polar surface area (TPSA) is 69.4 Å². The van der Waals surface area contributed by atoms with E-state index in [0.29, 0.717) is 23.5 Å². The zero-order valence-electron chi connectivity index (χ0n) is 29.9. The lowest BCUT2D eigenvalue weighted by Crippen LogP contribution is -2.05. The Morgan fingerprint density at radius 3 is 2.16 bits per heavy atom. The van der Waals surface area contributed by atoms with Crippen LogP contribution in [0.5, 0.6) is 0 Å². The van der Waals surface area contributed by atoms with E-state index in [4.69, 9.17) is 24.9 Å². The van der Waals surface area contributed by atoms with Crippen LogP contribution in [0.4, 0.5) is 0 Å². The van der Waals surface area contributed by atoms with Crippen molar-refractivity contribution in [2.75, 3.05) is 0 Å². The molecule has 10 aromatic rings. The summed E-state index contributed by atoms with van der Waals surface area (Å²) in [5.41, 5.74) is 10.8. The molecular formula is C48H30N6S2. The van der Waals surface area contributed by atoms with E-state index >= 15 is 0 Å².